The SMILES string of the molecule is CC(=O)O.COc1cc(N)c(Cl)cc1C(=O)N[C@@H]1CCN(CCCOc2ccc(F)cc2)C[C@@H]1O. The van der Waals surface area contributed by atoms with Crippen molar-refractivity contribution in [1.82, 2.24) is 10.2 Å². The number of benzene rings is 2. The van der Waals surface area contributed by atoms with E-state index in [4.69, 9.17) is 36.7 Å². The number of methoxy groups -OCH3 is 1. The molecule has 11 heteroatoms. The molecule has 1 amide bonds. The van der Waals surface area contributed by atoms with Crippen molar-refractivity contribution in [3.63, 3.8) is 0 Å². The Morgan fingerprint density at radius 2 is 1.94 bits per heavy atom. The summed E-state index contributed by atoms with van der Waals surface area (Å²) in [5.74, 6) is -0.549. The van der Waals surface area contributed by atoms with E-state index < -0.39 is 12.1 Å². The number of halogens is 2. The maximum Gasteiger partial charge on any atom is 0.300 e. The molecule has 0 spiro atoms. The van der Waals surface area contributed by atoms with Crippen molar-refractivity contribution in [3.8, 4) is 11.5 Å². The molecule has 5 N–H and O–H groups in total. The molecule has 3 rings (SSSR count). The van der Waals surface area contributed by atoms with E-state index in [0.717, 1.165) is 26.4 Å². The molecule has 35 heavy (non-hydrogen) atoms. The monoisotopic (exact) mass is 511 g/mol. The van der Waals surface area contributed by atoms with Crippen LogP contribution in [0.1, 0.15) is 30.1 Å². The Bertz CT molecular complexity index is 988. The summed E-state index contributed by atoms with van der Waals surface area (Å²) in [7, 11) is 1.45. The smallest absolute Gasteiger partial charge is 0.300 e. The van der Waals surface area contributed by atoms with Crippen LogP contribution < -0.4 is 20.5 Å². The number of piperidine rings is 1. The Kier molecular flexibility index (Phi) is 11.0. The molecule has 192 valence electrons. The quantitative estimate of drug-likeness (QED) is 0.314. The highest BCUT2D eigenvalue weighted by Gasteiger charge is 2.29. The number of nitrogens with zero attached hydrogens (tertiary/aromatic N) is 1. The van der Waals surface area contributed by atoms with Gasteiger partial charge in [-0.1, -0.05) is 11.6 Å². The number of nitrogens with one attached hydrogen (secondary N) is 1. The second-order valence-corrected chi connectivity index (χ2v) is 8.39. The minimum Gasteiger partial charge on any atom is -0.496 e. The molecule has 0 unspecified atom stereocenters. The van der Waals surface area contributed by atoms with Gasteiger partial charge in [-0.05, 0) is 43.2 Å². The number of rotatable bonds is 8. The van der Waals surface area contributed by atoms with Crippen LogP contribution in [0.3, 0.4) is 0 Å². The van der Waals surface area contributed by atoms with Crippen LogP contribution in [-0.2, 0) is 4.79 Å². The number of ether oxygens (including phenoxy) is 2. The van der Waals surface area contributed by atoms with Crippen LogP contribution in [0.15, 0.2) is 36.4 Å². The summed E-state index contributed by atoms with van der Waals surface area (Å²) in [6.45, 7) is 3.51. The average Bonchev–Trinajstić information content (AvgIpc) is 2.80. The number of hydrogen-bond acceptors (Lipinski definition) is 7. The number of likely N-dealkylation sites (tertiary alicyclic amines) is 1. The van der Waals surface area contributed by atoms with Gasteiger partial charge in [0, 0.05) is 32.6 Å². The number of aliphatic carboxylic acids is 1. The Morgan fingerprint density at radius 1 is 1.29 bits per heavy atom. The standard InChI is InChI=1S/C22H27ClFN3O4.C2H4O2/c1-30-21-12-18(25)17(23)11-16(21)22(29)26-19-7-9-27(13-20(19)28)8-2-10-31-15-5-3-14(24)4-6-15;1-2(3)4/h3-6,11-12,19-20,28H,2,7-10,13,25H2,1H3,(H,26,29);1H3,(H,3,4)/t19-,20+;/m1./s1. The Labute approximate surface area is 208 Å². The molecule has 2 atom stereocenters. The topological polar surface area (TPSA) is 134 Å². The molecule has 0 bridgehead atoms. The summed E-state index contributed by atoms with van der Waals surface area (Å²) in [6, 6.07) is 8.50. The molecule has 2 aromatic rings. The number of aliphatic hydroxyl groups excluding tert-OH is 1. The molecule has 0 radical (unpaired) electrons. The van der Waals surface area contributed by atoms with Gasteiger partial charge in [0.1, 0.15) is 17.3 Å². The zero-order valence-corrected chi connectivity index (χ0v) is 20.4. The first-order valence-electron chi connectivity index (χ1n) is 11.0. The van der Waals surface area contributed by atoms with Gasteiger partial charge >= 0.3 is 0 Å². The number of β-amino-alcohol motifs (C(OH)–C–C–N with tert-alkyl or cyclic N) is 1. The van der Waals surface area contributed by atoms with Crippen molar-refractivity contribution in [2.45, 2.75) is 31.9 Å². The van der Waals surface area contributed by atoms with Gasteiger partial charge in [-0.3, -0.25) is 9.59 Å². The molecule has 1 heterocycles. The lowest BCUT2D eigenvalue weighted by Gasteiger charge is -2.36. The highest BCUT2D eigenvalue weighted by molar-refractivity contribution is 6.33. The summed E-state index contributed by atoms with van der Waals surface area (Å²) in [5.41, 5.74) is 6.36. The molecule has 1 fully saturated rings. The van der Waals surface area contributed by atoms with Crippen LogP contribution in [0.25, 0.3) is 0 Å². The van der Waals surface area contributed by atoms with Crippen molar-refractivity contribution in [1.29, 1.82) is 0 Å². The number of hydrogen-bond donors (Lipinski definition) is 4. The predicted molar refractivity (Wildman–Crippen MR) is 131 cm³/mol. The van der Waals surface area contributed by atoms with Crippen LogP contribution in [0, 0.1) is 5.82 Å². The van der Waals surface area contributed by atoms with Crippen molar-refractivity contribution < 1.29 is 33.7 Å². The summed E-state index contributed by atoms with van der Waals surface area (Å²) in [4.78, 5) is 23.8. The third-order valence-electron chi connectivity index (χ3n) is 5.25. The first-order valence-corrected chi connectivity index (χ1v) is 11.4. The van der Waals surface area contributed by atoms with Crippen molar-refractivity contribution in [2.75, 3.05) is 39.1 Å². The largest absolute Gasteiger partial charge is 0.496 e. The van der Waals surface area contributed by atoms with Crippen molar-refractivity contribution in [3.05, 3.63) is 52.8 Å². The van der Waals surface area contributed by atoms with E-state index in [1.807, 2.05) is 0 Å². The number of carbonyl (C=O) groups excluding carboxylic acids is 1. The first-order chi connectivity index (χ1) is 16.6. The number of carbonyl (C=O) groups is 2. The molecular weight excluding hydrogens is 481 g/mol. The van der Waals surface area contributed by atoms with Crippen LogP contribution >= 0.6 is 11.6 Å². The maximum absolute atomic E-state index is 12.9. The lowest BCUT2D eigenvalue weighted by molar-refractivity contribution is -0.134. The zero-order valence-electron chi connectivity index (χ0n) is 19.7. The van der Waals surface area contributed by atoms with E-state index >= 15 is 0 Å². The minimum atomic E-state index is -0.833. The van der Waals surface area contributed by atoms with Crippen molar-refractivity contribution in [2.24, 2.45) is 0 Å². The average molecular weight is 512 g/mol. The van der Waals surface area contributed by atoms with E-state index in [0.29, 0.717) is 36.8 Å². The van der Waals surface area contributed by atoms with Gasteiger partial charge in [-0.15, -0.1) is 0 Å². The highest BCUT2D eigenvalue weighted by Crippen LogP contribution is 2.29. The Balaban J connectivity index is 0.00000100. The summed E-state index contributed by atoms with van der Waals surface area (Å²) in [6.07, 6.45) is 0.671. The van der Waals surface area contributed by atoms with E-state index in [2.05, 4.69) is 10.2 Å². The van der Waals surface area contributed by atoms with Gasteiger partial charge in [0.05, 0.1) is 42.1 Å². The molecule has 1 saturated heterocycles. The fourth-order valence-electron chi connectivity index (χ4n) is 3.54. The molecule has 1 aliphatic rings. The number of carboxylic acids is 1. The summed E-state index contributed by atoms with van der Waals surface area (Å²) >= 11 is 6.04. The second kappa shape index (κ2) is 13.7. The van der Waals surface area contributed by atoms with Gasteiger partial charge < -0.3 is 35.6 Å². The molecule has 2 aromatic carbocycles. The van der Waals surface area contributed by atoms with Gasteiger partial charge in [-0.2, -0.15) is 0 Å². The third kappa shape index (κ3) is 9.23. The number of anilines is 1. The van der Waals surface area contributed by atoms with E-state index in [1.165, 1.54) is 31.4 Å². The minimum absolute atomic E-state index is 0.268. The normalized spacial score (nSPS) is 17.6. The predicted octanol–water partition coefficient (Wildman–Crippen LogP) is 2.79. The third-order valence-corrected chi connectivity index (χ3v) is 5.57. The first kappa shape index (κ1) is 28.2. The highest BCUT2D eigenvalue weighted by atomic mass is 35.5. The van der Waals surface area contributed by atoms with Gasteiger partial charge in [0.25, 0.3) is 11.9 Å². The number of aliphatic hydroxyl groups is 1. The van der Waals surface area contributed by atoms with E-state index in [1.54, 1.807) is 12.1 Å². The van der Waals surface area contributed by atoms with Crippen molar-refractivity contribution >= 4 is 29.2 Å². The fraction of sp³-hybridized carbons (Fsp3) is 0.417. The maximum atomic E-state index is 12.9. The summed E-state index contributed by atoms with van der Waals surface area (Å²) < 4.78 is 23.7. The van der Waals surface area contributed by atoms with Gasteiger partial charge in [-0.25, -0.2) is 4.39 Å². The van der Waals surface area contributed by atoms with Crippen LogP contribution in [0.2, 0.25) is 5.02 Å². The fourth-order valence-corrected chi connectivity index (χ4v) is 3.70. The summed E-state index contributed by atoms with van der Waals surface area (Å²) in [5, 5.41) is 21.1. The number of carboxylic acid groups (broad SMARTS) is 1. The van der Waals surface area contributed by atoms with E-state index in [-0.39, 0.29) is 28.4 Å². The number of nitrogen functional groups attached to an aromatic ring is 1. The molecule has 0 saturated carbocycles. The number of nitrogens with two attached hydrogens (primary N) is 1. The zero-order chi connectivity index (χ0) is 26.0. The van der Waals surface area contributed by atoms with Crippen LogP contribution in [0.4, 0.5) is 10.1 Å². The lowest BCUT2D eigenvalue weighted by atomic mass is 10.0. The molecule has 0 aliphatic carbocycles. The lowest BCUT2D eigenvalue weighted by Crippen LogP contribution is -2.54. The molecule has 0 aromatic heterocycles. The molecular formula is C24H31ClFN3O6. The van der Waals surface area contributed by atoms with Gasteiger partial charge in [0.2, 0.25) is 0 Å². The van der Waals surface area contributed by atoms with Crippen LogP contribution in [-0.4, -0.2) is 72.5 Å². The molecule has 9 nitrogen and oxygen atoms in total. The van der Waals surface area contributed by atoms with Crippen LogP contribution in [0.5, 0.6) is 11.5 Å². The Morgan fingerprint density at radius 3 is 2.54 bits per heavy atom. The number of amides is 1. The second-order valence-electron chi connectivity index (χ2n) is 7.99. The van der Waals surface area contributed by atoms with E-state index in [9.17, 15) is 14.3 Å². The Hall–Kier alpha value is -3.08. The molecule has 1 aliphatic heterocycles. The van der Waals surface area contributed by atoms with Gasteiger partial charge in [0.15, 0.2) is 0 Å².